The minimum absolute atomic E-state index is 0.333. The molecule has 168 valence electrons. The highest BCUT2D eigenvalue weighted by Crippen LogP contribution is 2.19. The molecule has 0 spiro atoms. The van der Waals surface area contributed by atoms with E-state index in [0.29, 0.717) is 33.8 Å². The van der Waals surface area contributed by atoms with Gasteiger partial charge in [0.1, 0.15) is 6.33 Å². The van der Waals surface area contributed by atoms with Crippen molar-refractivity contribution < 1.29 is 0 Å². The van der Waals surface area contributed by atoms with E-state index in [1.54, 1.807) is 30.3 Å². The third-order valence-corrected chi connectivity index (χ3v) is 4.82. The summed E-state index contributed by atoms with van der Waals surface area (Å²) in [6, 6.07) is 8.74. The number of rotatable bonds is 6. The van der Waals surface area contributed by atoms with Gasteiger partial charge in [-0.3, -0.25) is 0 Å². The lowest BCUT2D eigenvalue weighted by Gasteiger charge is -2.06. The van der Waals surface area contributed by atoms with E-state index in [1.165, 1.54) is 15.6 Å². The zero-order chi connectivity index (χ0) is 23.7. The maximum Gasteiger partial charge on any atom is 0.357 e. The lowest BCUT2D eigenvalue weighted by Crippen LogP contribution is -2.24. The van der Waals surface area contributed by atoms with E-state index in [9.17, 15) is 4.79 Å². The first kappa shape index (κ1) is 25.3. The number of benzene rings is 1. The summed E-state index contributed by atoms with van der Waals surface area (Å²) in [5.74, 6) is 0.916. The monoisotopic (exact) mass is 471 g/mol. The molecule has 0 aliphatic rings. The van der Waals surface area contributed by atoms with Crippen LogP contribution in [0.4, 0.5) is 0 Å². The average Bonchev–Trinajstić information content (AvgIpc) is 3.13. The molecule has 1 aromatic carbocycles. The minimum Gasteiger partial charge on any atom is -0.245 e. The molecule has 0 aliphatic heterocycles. The lowest BCUT2D eigenvalue weighted by molar-refractivity contribution is 0.792. The van der Waals surface area contributed by atoms with Gasteiger partial charge in [-0.15, -0.1) is 5.10 Å². The number of nitrogens with zero attached hydrogens (tertiary/aromatic N) is 5. The van der Waals surface area contributed by atoms with Crippen LogP contribution in [0.1, 0.15) is 45.6 Å². The van der Waals surface area contributed by atoms with Gasteiger partial charge in [0.15, 0.2) is 11.6 Å². The molecule has 0 N–H and O–H groups in total. The Kier molecular flexibility index (Phi) is 9.62. The lowest BCUT2D eigenvalue weighted by atomic mass is 10.2. The van der Waals surface area contributed by atoms with Crippen LogP contribution < -0.4 is 5.69 Å². The summed E-state index contributed by atoms with van der Waals surface area (Å²) < 4.78 is 2.81. The van der Waals surface area contributed by atoms with E-state index in [2.05, 4.69) is 15.1 Å². The normalized spacial score (nSPS) is 12.1. The largest absolute Gasteiger partial charge is 0.357 e. The minimum atomic E-state index is -0.333. The Bertz CT molecular complexity index is 1190. The van der Waals surface area contributed by atoms with Crippen LogP contribution in [0.3, 0.4) is 0 Å². The molecule has 2 aromatic heterocycles. The van der Waals surface area contributed by atoms with E-state index in [0.717, 1.165) is 11.3 Å². The molecule has 0 saturated carbocycles. The fraction of sp³-hybridized carbons (Fsp3) is 0.250. The van der Waals surface area contributed by atoms with Crippen LogP contribution in [0.25, 0.3) is 17.1 Å². The summed E-state index contributed by atoms with van der Waals surface area (Å²) in [4.78, 5) is 21.5. The van der Waals surface area contributed by atoms with Gasteiger partial charge in [0.25, 0.3) is 0 Å². The molecule has 0 fully saturated rings. The smallest absolute Gasteiger partial charge is 0.245 e. The predicted molar refractivity (Wildman–Crippen MR) is 133 cm³/mol. The van der Waals surface area contributed by atoms with Crippen molar-refractivity contribution in [2.45, 2.75) is 41.0 Å². The fourth-order valence-corrected chi connectivity index (χ4v) is 3.16. The van der Waals surface area contributed by atoms with Crippen molar-refractivity contribution in [1.82, 2.24) is 24.3 Å². The third kappa shape index (κ3) is 6.28. The maximum absolute atomic E-state index is 13.3. The molecule has 0 aliphatic carbocycles. The van der Waals surface area contributed by atoms with Gasteiger partial charge in [0, 0.05) is 21.8 Å². The van der Waals surface area contributed by atoms with Gasteiger partial charge in [0.05, 0.1) is 5.69 Å². The highest BCUT2D eigenvalue weighted by atomic mass is 35.5. The molecular formula is C24H27Cl2N5O. The van der Waals surface area contributed by atoms with Crippen molar-refractivity contribution in [3.05, 3.63) is 93.0 Å². The van der Waals surface area contributed by atoms with Crippen LogP contribution in [0, 0.1) is 6.92 Å². The molecule has 0 saturated heterocycles. The molecule has 0 atom stereocenters. The Morgan fingerprint density at radius 3 is 2.44 bits per heavy atom. The molecule has 8 heteroatoms. The molecular weight excluding hydrogens is 445 g/mol. The zero-order valence-electron chi connectivity index (χ0n) is 18.9. The predicted octanol–water partition coefficient (Wildman–Crippen LogP) is 6.29. The second kappa shape index (κ2) is 12.2. The highest BCUT2D eigenvalue weighted by Gasteiger charge is 2.18. The number of halogens is 2. The van der Waals surface area contributed by atoms with E-state index >= 15 is 0 Å². The summed E-state index contributed by atoms with van der Waals surface area (Å²) >= 11 is 12.1. The number of aromatic nitrogens is 5. The van der Waals surface area contributed by atoms with E-state index < -0.39 is 0 Å². The van der Waals surface area contributed by atoms with Gasteiger partial charge in [-0.2, -0.15) is 4.68 Å². The van der Waals surface area contributed by atoms with E-state index in [4.69, 9.17) is 23.2 Å². The number of hydrogen-bond donors (Lipinski definition) is 0. The maximum atomic E-state index is 13.3. The van der Waals surface area contributed by atoms with Crippen LogP contribution in [0.2, 0.25) is 5.02 Å². The Labute approximate surface area is 198 Å². The molecule has 0 radical (unpaired) electrons. The summed E-state index contributed by atoms with van der Waals surface area (Å²) in [7, 11) is 0. The standard InChI is InChI=1S/C22H21Cl2N5O.C2H6/c1-4-6-17(23)8-5-7-15(2)21-27-29(20-13-16(3)25-14-26-20)22(30)28(21)19-11-9-18(24)10-12-19;1-2/h4,6-14H,5H2,1-3H3;1-2H3/b6-4-,15-7+,17-8?;. The van der Waals surface area contributed by atoms with Gasteiger partial charge in [-0.1, -0.05) is 55.3 Å². The Morgan fingerprint density at radius 2 is 1.81 bits per heavy atom. The molecule has 32 heavy (non-hydrogen) atoms. The highest BCUT2D eigenvalue weighted by molar-refractivity contribution is 6.31. The molecule has 0 amide bonds. The molecule has 0 unspecified atom stereocenters. The summed E-state index contributed by atoms with van der Waals surface area (Å²) in [6.45, 7) is 9.64. The quantitative estimate of drug-likeness (QED) is 0.396. The molecule has 2 heterocycles. The van der Waals surface area contributed by atoms with Gasteiger partial charge in [-0.05, 0) is 63.1 Å². The van der Waals surface area contributed by atoms with E-state index in [1.807, 2.05) is 58.9 Å². The van der Waals surface area contributed by atoms with Gasteiger partial charge < -0.3 is 0 Å². The van der Waals surface area contributed by atoms with Crippen LogP contribution in [-0.2, 0) is 0 Å². The SMILES string of the molecule is C/C=C\C(Cl)=CC/C=C(\C)c1nn(-c2cc(C)ncn2)c(=O)n1-c1ccc(Cl)cc1.CC. The Morgan fingerprint density at radius 1 is 1.12 bits per heavy atom. The van der Waals surface area contributed by atoms with Crippen molar-refractivity contribution >= 4 is 28.8 Å². The number of aryl methyl sites for hydroxylation is 1. The first-order valence-corrected chi connectivity index (χ1v) is 11.1. The summed E-state index contributed by atoms with van der Waals surface area (Å²) in [5.41, 5.74) is 1.89. The summed E-state index contributed by atoms with van der Waals surface area (Å²) in [5, 5.41) is 5.80. The third-order valence-electron chi connectivity index (χ3n) is 4.29. The molecule has 3 rings (SSSR count). The van der Waals surface area contributed by atoms with Crippen molar-refractivity contribution in [3.63, 3.8) is 0 Å². The first-order valence-electron chi connectivity index (χ1n) is 10.3. The number of hydrogen-bond acceptors (Lipinski definition) is 4. The van der Waals surface area contributed by atoms with Crippen LogP contribution in [0.15, 0.2) is 70.8 Å². The first-order chi connectivity index (χ1) is 15.4. The topological polar surface area (TPSA) is 65.6 Å². The second-order valence-electron chi connectivity index (χ2n) is 6.56. The molecule has 6 nitrogen and oxygen atoms in total. The molecule has 3 aromatic rings. The van der Waals surface area contributed by atoms with Gasteiger partial charge in [0.2, 0.25) is 0 Å². The van der Waals surface area contributed by atoms with Crippen molar-refractivity contribution in [1.29, 1.82) is 0 Å². The zero-order valence-corrected chi connectivity index (χ0v) is 20.4. The average molecular weight is 472 g/mol. The Balaban J connectivity index is 0.00000176. The van der Waals surface area contributed by atoms with Crippen molar-refractivity contribution in [2.24, 2.45) is 0 Å². The van der Waals surface area contributed by atoms with Gasteiger partial charge in [-0.25, -0.2) is 19.3 Å². The van der Waals surface area contributed by atoms with Gasteiger partial charge >= 0.3 is 5.69 Å². The number of allylic oxidation sites excluding steroid dienone is 6. The van der Waals surface area contributed by atoms with Crippen molar-refractivity contribution in [2.75, 3.05) is 0 Å². The van der Waals surface area contributed by atoms with Crippen LogP contribution in [-0.4, -0.2) is 24.3 Å². The van der Waals surface area contributed by atoms with Crippen LogP contribution >= 0.6 is 23.2 Å². The molecule has 0 bridgehead atoms. The second-order valence-corrected chi connectivity index (χ2v) is 7.43. The van der Waals surface area contributed by atoms with E-state index in [-0.39, 0.29) is 5.69 Å². The van der Waals surface area contributed by atoms with Crippen molar-refractivity contribution in [3.8, 4) is 11.5 Å². The van der Waals surface area contributed by atoms with Crippen LogP contribution in [0.5, 0.6) is 0 Å². The summed E-state index contributed by atoms with van der Waals surface area (Å²) in [6.07, 6.45) is 9.56. The Hall–Kier alpha value is -2.96. The fourth-order valence-electron chi connectivity index (χ4n) is 2.82.